The lowest BCUT2D eigenvalue weighted by Crippen LogP contribution is -2.51. The Balaban J connectivity index is 2.06. The van der Waals surface area contributed by atoms with Gasteiger partial charge in [-0.2, -0.15) is 17.0 Å². The summed E-state index contributed by atoms with van der Waals surface area (Å²) in [5, 5.41) is 20.5. The lowest BCUT2D eigenvalue weighted by Gasteiger charge is -2.32. The maximum Gasteiger partial charge on any atom is 0.327 e. The first-order valence-corrected chi connectivity index (χ1v) is 7.15. The fourth-order valence-electron chi connectivity index (χ4n) is 1.87. The maximum absolute atomic E-state index is 12.1. The molecule has 20 heavy (non-hydrogen) atoms. The fraction of sp³-hybridized carbons (Fsp3) is 0.308. The lowest BCUT2D eigenvalue weighted by molar-refractivity contribution is -0.141. The molecule has 1 aliphatic heterocycles. The van der Waals surface area contributed by atoms with Crippen molar-refractivity contribution in [2.75, 3.05) is 23.4 Å². The van der Waals surface area contributed by atoms with E-state index in [1.54, 1.807) is 24.3 Å². The van der Waals surface area contributed by atoms with Gasteiger partial charge in [-0.15, -0.1) is 0 Å². The van der Waals surface area contributed by atoms with Gasteiger partial charge in [0.25, 0.3) is 0 Å². The number of anilines is 1. The second-order valence-electron chi connectivity index (χ2n) is 4.24. The van der Waals surface area contributed by atoms with Crippen LogP contribution < -0.4 is 5.32 Å². The molecule has 2 N–H and O–H groups in total. The number of carbonyl (C=O) groups excluding carboxylic acids is 1. The van der Waals surface area contributed by atoms with Crippen LogP contribution in [0.3, 0.4) is 0 Å². The minimum atomic E-state index is -0.993. The standard InChI is InChI=1S/C13H13N3O3S/c14-7-9-1-3-10(4-2-9)15-13(19)16-5-6-20-8-11(16)12(17)18/h1-4,11H,5-6,8H2,(H,15,19)(H,17,18). The Labute approximate surface area is 120 Å². The van der Waals surface area contributed by atoms with Gasteiger partial charge in [0.05, 0.1) is 11.6 Å². The molecule has 0 aliphatic carbocycles. The molecule has 1 fully saturated rings. The molecule has 2 rings (SSSR count). The number of nitrogens with zero attached hydrogens (tertiary/aromatic N) is 2. The third kappa shape index (κ3) is 3.22. The van der Waals surface area contributed by atoms with E-state index in [0.717, 1.165) is 5.75 Å². The van der Waals surface area contributed by atoms with Gasteiger partial charge in [-0.3, -0.25) is 0 Å². The van der Waals surface area contributed by atoms with Crippen LogP contribution in [-0.4, -0.2) is 46.1 Å². The molecule has 1 saturated heterocycles. The van der Waals surface area contributed by atoms with E-state index in [1.165, 1.54) is 16.7 Å². The van der Waals surface area contributed by atoms with E-state index in [1.807, 2.05) is 6.07 Å². The summed E-state index contributed by atoms with van der Waals surface area (Å²) in [4.78, 5) is 24.6. The molecule has 1 atom stereocenters. The van der Waals surface area contributed by atoms with Crippen LogP contribution in [0.2, 0.25) is 0 Å². The van der Waals surface area contributed by atoms with Gasteiger partial charge in [-0.1, -0.05) is 0 Å². The van der Waals surface area contributed by atoms with Crippen molar-refractivity contribution >= 4 is 29.4 Å². The highest BCUT2D eigenvalue weighted by Gasteiger charge is 2.32. The van der Waals surface area contributed by atoms with E-state index in [-0.39, 0.29) is 0 Å². The van der Waals surface area contributed by atoms with E-state index in [9.17, 15) is 9.59 Å². The topological polar surface area (TPSA) is 93.4 Å². The minimum absolute atomic E-state index is 0.399. The van der Waals surface area contributed by atoms with E-state index in [0.29, 0.717) is 23.5 Å². The molecule has 1 heterocycles. The van der Waals surface area contributed by atoms with Crippen molar-refractivity contribution in [2.45, 2.75) is 6.04 Å². The molecule has 1 aliphatic rings. The first-order valence-electron chi connectivity index (χ1n) is 6.00. The lowest BCUT2D eigenvalue weighted by atomic mass is 10.2. The second kappa shape index (κ2) is 6.30. The van der Waals surface area contributed by atoms with Crippen molar-refractivity contribution in [3.63, 3.8) is 0 Å². The van der Waals surface area contributed by atoms with Gasteiger partial charge < -0.3 is 15.3 Å². The Morgan fingerprint density at radius 1 is 1.40 bits per heavy atom. The molecule has 0 radical (unpaired) electrons. The molecule has 0 bridgehead atoms. The van der Waals surface area contributed by atoms with Crippen molar-refractivity contribution in [3.05, 3.63) is 29.8 Å². The monoisotopic (exact) mass is 291 g/mol. The average Bonchev–Trinajstić information content (AvgIpc) is 2.48. The van der Waals surface area contributed by atoms with Crippen molar-refractivity contribution in [1.29, 1.82) is 5.26 Å². The summed E-state index contributed by atoms with van der Waals surface area (Å²) in [6.45, 7) is 0.406. The Morgan fingerprint density at radius 3 is 2.70 bits per heavy atom. The molecule has 7 heteroatoms. The molecule has 0 spiro atoms. The Morgan fingerprint density at radius 2 is 2.10 bits per heavy atom. The second-order valence-corrected chi connectivity index (χ2v) is 5.39. The summed E-state index contributed by atoms with van der Waals surface area (Å²) in [6, 6.07) is 7.18. The first-order chi connectivity index (χ1) is 9.61. The number of carboxylic acid groups (broad SMARTS) is 1. The number of rotatable bonds is 2. The van der Waals surface area contributed by atoms with Crippen molar-refractivity contribution in [1.82, 2.24) is 4.90 Å². The van der Waals surface area contributed by atoms with Gasteiger partial charge in [0.1, 0.15) is 6.04 Å². The third-order valence-corrected chi connectivity index (χ3v) is 3.96. The number of thioether (sulfide) groups is 1. The number of urea groups is 1. The van der Waals surface area contributed by atoms with E-state index < -0.39 is 18.0 Å². The van der Waals surface area contributed by atoms with Gasteiger partial charge >= 0.3 is 12.0 Å². The normalized spacial score (nSPS) is 18.1. The van der Waals surface area contributed by atoms with Crippen LogP contribution in [0.25, 0.3) is 0 Å². The molecule has 2 amide bonds. The van der Waals surface area contributed by atoms with Crippen molar-refractivity contribution in [2.24, 2.45) is 0 Å². The van der Waals surface area contributed by atoms with Crippen LogP contribution in [0, 0.1) is 11.3 Å². The van der Waals surface area contributed by atoms with Crippen LogP contribution >= 0.6 is 11.8 Å². The number of amides is 2. The maximum atomic E-state index is 12.1. The fourth-order valence-corrected chi connectivity index (χ4v) is 2.91. The van der Waals surface area contributed by atoms with Crippen LogP contribution in [0.1, 0.15) is 5.56 Å². The molecule has 1 unspecified atom stereocenters. The predicted molar refractivity (Wildman–Crippen MR) is 75.6 cm³/mol. The van der Waals surface area contributed by atoms with Crippen molar-refractivity contribution < 1.29 is 14.7 Å². The zero-order valence-electron chi connectivity index (χ0n) is 10.6. The highest BCUT2D eigenvalue weighted by atomic mass is 32.2. The number of hydrogen-bond acceptors (Lipinski definition) is 4. The molecule has 0 saturated carbocycles. The minimum Gasteiger partial charge on any atom is -0.480 e. The number of aliphatic carboxylic acids is 1. The quantitative estimate of drug-likeness (QED) is 0.863. The molecule has 1 aromatic carbocycles. The molecule has 6 nitrogen and oxygen atoms in total. The number of nitrogens with one attached hydrogen (secondary N) is 1. The van der Waals surface area contributed by atoms with Gasteiger partial charge in [0.15, 0.2) is 0 Å². The van der Waals surface area contributed by atoms with Crippen LogP contribution in [0.5, 0.6) is 0 Å². The van der Waals surface area contributed by atoms with Gasteiger partial charge in [-0.25, -0.2) is 9.59 Å². The molecule has 1 aromatic rings. The van der Waals surface area contributed by atoms with Crippen LogP contribution in [0.4, 0.5) is 10.5 Å². The SMILES string of the molecule is N#Cc1ccc(NC(=O)N2CCSCC2C(=O)O)cc1. The van der Waals surface area contributed by atoms with Gasteiger partial charge in [0.2, 0.25) is 0 Å². The molecule has 104 valence electrons. The summed E-state index contributed by atoms with van der Waals surface area (Å²) in [5.74, 6) is 0.132. The summed E-state index contributed by atoms with van der Waals surface area (Å²) in [6.07, 6.45) is 0. The summed E-state index contributed by atoms with van der Waals surface area (Å²) < 4.78 is 0. The van der Waals surface area contributed by atoms with E-state index >= 15 is 0 Å². The molecular weight excluding hydrogens is 278 g/mol. The highest BCUT2D eigenvalue weighted by molar-refractivity contribution is 7.99. The molecular formula is C13H13N3O3S. The Kier molecular flexibility index (Phi) is 4.48. The van der Waals surface area contributed by atoms with Crippen LogP contribution in [0.15, 0.2) is 24.3 Å². The van der Waals surface area contributed by atoms with Crippen molar-refractivity contribution in [3.8, 4) is 6.07 Å². The van der Waals surface area contributed by atoms with Crippen LogP contribution in [-0.2, 0) is 4.79 Å². The van der Waals surface area contributed by atoms with E-state index in [4.69, 9.17) is 10.4 Å². The highest BCUT2D eigenvalue weighted by Crippen LogP contribution is 2.18. The number of carbonyl (C=O) groups is 2. The van der Waals surface area contributed by atoms with Gasteiger partial charge in [0, 0.05) is 23.7 Å². The number of hydrogen-bond donors (Lipinski definition) is 2. The smallest absolute Gasteiger partial charge is 0.327 e. The Hall–Kier alpha value is -2.20. The average molecular weight is 291 g/mol. The van der Waals surface area contributed by atoms with E-state index in [2.05, 4.69) is 5.32 Å². The summed E-state index contributed by atoms with van der Waals surface area (Å²) in [7, 11) is 0. The number of nitriles is 1. The number of benzene rings is 1. The summed E-state index contributed by atoms with van der Waals surface area (Å²) >= 11 is 1.53. The zero-order valence-corrected chi connectivity index (χ0v) is 11.4. The summed E-state index contributed by atoms with van der Waals surface area (Å²) in [5.41, 5.74) is 1.04. The zero-order chi connectivity index (χ0) is 14.5. The molecule has 0 aromatic heterocycles. The predicted octanol–water partition coefficient (Wildman–Crippen LogP) is 1.59. The Bertz CT molecular complexity index is 553. The van der Waals surface area contributed by atoms with Gasteiger partial charge in [-0.05, 0) is 24.3 Å². The largest absolute Gasteiger partial charge is 0.480 e. The third-order valence-electron chi connectivity index (χ3n) is 2.94. The first kappa shape index (κ1) is 14.2. The number of carboxylic acids is 1.